The maximum atomic E-state index is 2.32. The fraction of sp³-hybridized carbons (Fsp3) is 0.833. The molecule has 0 aliphatic rings. The topological polar surface area (TPSA) is 0 Å². The summed E-state index contributed by atoms with van der Waals surface area (Å²) >= 11 is 0. The van der Waals surface area contributed by atoms with Crippen LogP contribution in [0.25, 0.3) is 0 Å². The van der Waals surface area contributed by atoms with Crippen molar-refractivity contribution in [3.05, 3.63) is 12.2 Å². The van der Waals surface area contributed by atoms with Crippen molar-refractivity contribution in [2.24, 2.45) is 11.3 Å². The zero-order chi connectivity index (χ0) is 9.61. The fourth-order valence-electron chi connectivity index (χ4n) is 1.00. The Kier molecular flexibility index (Phi) is 5.28. The molecule has 0 saturated carbocycles. The van der Waals surface area contributed by atoms with E-state index in [0.717, 1.165) is 5.92 Å². The highest BCUT2D eigenvalue weighted by molar-refractivity contribution is 4.83. The van der Waals surface area contributed by atoms with Crippen LogP contribution in [0.4, 0.5) is 0 Å². The number of hydrogen-bond donors (Lipinski definition) is 0. The third-order valence-corrected chi connectivity index (χ3v) is 1.84. The molecule has 0 amide bonds. The summed E-state index contributed by atoms with van der Waals surface area (Å²) < 4.78 is 0. The summed E-state index contributed by atoms with van der Waals surface area (Å²) in [7, 11) is 0. The third-order valence-electron chi connectivity index (χ3n) is 1.84. The second kappa shape index (κ2) is 5.40. The van der Waals surface area contributed by atoms with Crippen molar-refractivity contribution < 1.29 is 0 Å². The molecular formula is C12H24. The Bertz CT molecular complexity index is 123. The van der Waals surface area contributed by atoms with Crippen molar-refractivity contribution in [3.63, 3.8) is 0 Å². The molecule has 0 heterocycles. The van der Waals surface area contributed by atoms with E-state index >= 15 is 0 Å². The molecule has 0 heteroatoms. The predicted molar refractivity (Wildman–Crippen MR) is 57.3 cm³/mol. The van der Waals surface area contributed by atoms with E-state index in [2.05, 4.69) is 46.8 Å². The normalized spacial score (nSPS) is 13.2. The summed E-state index contributed by atoms with van der Waals surface area (Å²) in [6.45, 7) is 11.4. The highest BCUT2D eigenvalue weighted by Crippen LogP contribution is 2.20. The summed E-state index contributed by atoms with van der Waals surface area (Å²) in [6, 6.07) is 0. The Morgan fingerprint density at radius 3 is 2.08 bits per heavy atom. The molecule has 0 nitrogen and oxygen atoms in total. The number of allylic oxidation sites excluding steroid dienone is 2. The molecule has 0 unspecified atom stereocenters. The van der Waals surface area contributed by atoms with E-state index in [-0.39, 0.29) is 0 Å². The molecule has 0 aliphatic heterocycles. The van der Waals surface area contributed by atoms with Gasteiger partial charge in [0.2, 0.25) is 0 Å². The molecule has 0 atom stereocenters. The highest BCUT2D eigenvalue weighted by atomic mass is 14.1. The Morgan fingerprint density at radius 1 is 1.08 bits per heavy atom. The SMILES string of the molecule is CC(C)CC=CCCC(C)(C)C. The van der Waals surface area contributed by atoms with Crippen molar-refractivity contribution in [2.75, 3.05) is 0 Å². The molecule has 72 valence electrons. The largest absolute Gasteiger partial charge is 0.0885 e. The van der Waals surface area contributed by atoms with Crippen molar-refractivity contribution in [2.45, 2.75) is 53.9 Å². The molecule has 0 saturated heterocycles. The first-order valence-corrected chi connectivity index (χ1v) is 5.07. The molecule has 0 rings (SSSR count). The van der Waals surface area contributed by atoms with Gasteiger partial charge in [-0.15, -0.1) is 0 Å². The molecule has 0 bridgehead atoms. The van der Waals surface area contributed by atoms with Gasteiger partial charge in [-0.25, -0.2) is 0 Å². The van der Waals surface area contributed by atoms with E-state index in [1.807, 2.05) is 0 Å². The van der Waals surface area contributed by atoms with E-state index in [1.165, 1.54) is 19.3 Å². The minimum Gasteiger partial charge on any atom is -0.0885 e. The standard InChI is InChI=1S/C12H24/c1-11(2)9-7-6-8-10-12(3,4)5/h6-7,11H,8-10H2,1-5H3. The minimum atomic E-state index is 0.488. The zero-order valence-electron chi connectivity index (χ0n) is 9.35. The van der Waals surface area contributed by atoms with E-state index in [4.69, 9.17) is 0 Å². The molecule has 0 N–H and O–H groups in total. The van der Waals surface area contributed by atoms with Crippen molar-refractivity contribution in [1.29, 1.82) is 0 Å². The van der Waals surface area contributed by atoms with Crippen LogP contribution in [0.5, 0.6) is 0 Å². The monoisotopic (exact) mass is 168 g/mol. The van der Waals surface area contributed by atoms with Gasteiger partial charge in [0, 0.05) is 0 Å². The lowest BCUT2D eigenvalue weighted by molar-refractivity contribution is 0.381. The molecule has 0 aromatic heterocycles. The molecule has 0 aliphatic carbocycles. The molecule has 0 aromatic rings. The summed E-state index contributed by atoms with van der Waals surface area (Å²) in [5.74, 6) is 0.802. The fourth-order valence-corrected chi connectivity index (χ4v) is 1.00. The van der Waals surface area contributed by atoms with Crippen LogP contribution in [0.15, 0.2) is 12.2 Å². The second-order valence-corrected chi connectivity index (χ2v) is 5.20. The van der Waals surface area contributed by atoms with Gasteiger partial charge in [0.25, 0.3) is 0 Å². The Balaban J connectivity index is 3.37. The third kappa shape index (κ3) is 9.74. The van der Waals surface area contributed by atoms with Crippen LogP contribution in [-0.4, -0.2) is 0 Å². The lowest BCUT2D eigenvalue weighted by Gasteiger charge is -2.15. The van der Waals surface area contributed by atoms with Crippen LogP contribution in [0.2, 0.25) is 0 Å². The van der Waals surface area contributed by atoms with Gasteiger partial charge in [-0.2, -0.15) is 0 Å². The number of rotatable bonds is 4. The van der Waals surface area contributed by atoms with E-state index < -0.39 is 0 Å². The zero-order valence-corrected chi connectivity index (χ0v) is 9.35. The van der Waals surface area contributed by atoms with Crippen LogP contribution in [0, 0.1) is 11.3 Å². The first-order valence-electron chi connectivity index (χ1n) is 5.07. The van der Waals surface area contributed by atoms with Crippen LogP contribution < -0.4 is 0 Å². The van der Waals surface area contributed by atoms with Crippen molar-refractivity contribution >= 4 is 0 Å². The molecule has 12 heavy (non-hydrogen) atoms. The van der Waals surface area contributed by atoms with Gasteiger partial charge in [-0.3, -0.25) is 0 Å². The van der Waals surface area contributed by atoms with Gasteiger partial charge in [-0.05, 0) is 30.6 Å². The van der Waals surface area contributed by atoms with Crippen molar-refractivity contribution in [1.82, 2.24) is 0 Å². The maximum Gasteiger partial charge on any atom is -0.0327 e. The Hall–Kier alpha value is -0.260. The number of hydrogen-bond acceptors (Lipinski definition) is 0. The molecule has 0 fully saturated rings. The van der Waals surface area contributed by atoms with Crippen LogP contribution in [0.1, 0.15) is 53.9 Å². The van der Waals surface area contributed by atoms with E-state index in [1.54, 1.807) is 0 Å². The quantitative estimate of drug-likeness (QED) is 0.545. The van der Waals surface area contributed by atoms with E-state index in [0.29, 0.717) is 5.41 Å². The van der Waals surface area contributed by atoms with Crippen LogP contribution in [0.3, 0.4) is 0 Å². The smallest absolute Gasteiger partial charge is 0.0327 e. The van der Waals surface area contributed by atoms with Gasteiger partial charge < -0.3 is 0 Å². The highest BCUT2D eigenvalue weighted by Gasteiger charge is 2.07. The summed E-state index contributed by atoms with van der Waals surface area (Å²) in [5, 5.41) is 0. The average molecular weight is 168 g/mol. The molecule has 0 spiro atoms. The summed E-state index contributed by atoms with van der Waals surface area (Å²) in [6.07, 6.45) is 8.39. The molecular weight excluding hydrogens is 144 g/mol. The van der Waals surface area contributed by atoms with Gasteiger partial charge in [0.1, 0.15) is 0 Å². The lowest BCUT2D eigenvalue weighted by Crippen LogP contribution is -2.02. The summed E-state index contributed by atoms with van der Waals surface area (Å²) in [5.41, 5.74) is 0.488. The van der Waals surface area contributed by atoms with Gasteiger partial charge >= 0.3 is 0 Å². The van der Waals surface area contributed by atoms with Gasteiger partial charge in [0.15, 0.2) is 0 Å². The maximum absolute atomic E-state index is 2.32. The van der Waals surface area contributed by atoms with Crippen molar-refractivity contribution in [3.8, 4) is 0 Å². The summed E-state index contributed by atoms with van der Waals surface area (Å²) in [4.78, 5) is 0. The van der Waals surface area contributed by atoms with Crippen LogP contribution in [-0.2, 0) is 0 Å². The van der Waals surface area contributed by atoms with Gasteiger partial charge in [0.05, 0.1) is 0 Å². The first-order chi connectivity index (χ1) is 5.42. The molecule has 0 radical (unpaired) electrons. The van der Waals surface area contributed by atoms with Crippen LogP contribution >= 0.6 is 0 Å². The first kappa shape index (κ1) is 11.7. The van der Waals surface area contributed by atoms with E-state index in [9.17, 15) is 0 Å². The molecule has 0 aromatic carbocycles. The Morgan fingerprint density at radius 2 is 1.67 bits per heavy atom. The Labute approximate surface area is 78.1 Å². The average Bonchev–Trinajstić information content (AvgIpc) is 1.83. The van der Waals surface area contributed by atoms with Gasteiger partial charge in [-0.1, -0.05) is 46.8 Å². The predicted octanol–water partition coefficient (Wildman–Crippen LogP) is 4.42. The second-order valence-electron chi connectivity index (χ2n) is 5.20. The lowest BCUT2D eigenvalue weighted by atomic mass is 9.90. The minimum absolute atomic E-state index is 0.488.